The molecule has 2 amide bonds. The van der Waals surface area contributed by atoms with Gasteiger partial charge in [-0.25, -0.2) is 5.43 Å². The molecule has 3 aromatic rings. The topological polar surface area (TPSA) is 89.0 Å². The summed E-state index contributed by atoms with van der Waals surface area (Å²) >= 11 is 0. The van der Waals surface area contributed by atoms with Crippen LogP contribution in [0.5, 0.6) is 11.5 Å². The van der Waals surface area contributed by atoms with Gasteiger partial charge in [-0.15, -0.1) is 0 Å². The zero-order valence-corrected chi connectivity index (χ0v) is 18.2. The maximum Gasteiger partial charge on any atom is 0.271 e. The van der Waals surface area contributed by atoms with Gasteiger partial charge in [0, 0.05) is 11.3 Å². The lowest BCUT2D eigenvalue weighted by atomic mass is 10.1. The molecule has 7 nitrogen and oxygen atoms in total. The van der Waals surface area contributed by atoms with Crippen molar-refractivity contribution in [2.24, 2.45) is 5.10 Å². The van der Waals surface area contributed by atoms with Gasteiger partial charge in [0.05, 0.1) is 13.3 Å². The van der Waals surface area contributed by atoms with Crippen LogP contribution >= 0.6 is 0 Å². The SMILES string of the molecule is COc1cccc(C(=O)N/N=C/c2ccc(OCC(=O)Nc3cc(C)ccc3C)cc2)c1. The molecule has 0 aliphatic heterocycles. The van der Waals surface area contributed by atoms with Gasteiger partial charge in [-0.05, 0) is 79.1 Å². The van der Waals surface area contributed by atoms with Gasteiger partial charge in [0.1, 0.15) is 11.5 Å². The van der Waals surface area contributed by atoms with Crippen LogP contribution in [0.2, 0.25) is 0 Å². The van der Waals surface area contributed by atoms with Crippen LogP contribution in [0.1, 0.15) is 27.0 Å². The van der Waals surface area contributed by atoms with Crippen LogP contribution in [0, 0.1) is 13.8 Å². The monoisotopic (exact) mass is 431 g/mol. The number of rotatable bonds is 8. The zero-order valence-electron chi connectivity index (χ0n) is 18.2. The number of anilines is 1. The van der Waals surface area contributed by atoms with E-state index in [1.165, 1.54) is 6.21 Å². The first-order valence-corrected chi connectivity index (χ1v) is 10.0. The Bertz CT molecular complexity index is 1120. The molecule has 0 bridgehead atoms. The van der Waals surface area contributed by atoms with Crippen molar-refractivity contribution in [3.8, 4) is 11.5 Å². The van der Waals surface area contributed by atoms with Crippen LogP contribution in [0.25, 0.3) is 0 Å². The molecule has 0 unspecified atom stereocenters. The predicted octanol–water partition coefficient (Wildman–Crippen LogP) is 4.09. The molecule has 0 aromatic heterocycles. The summed E-state index contributed by atoms with van der Waals surface area (Å²) in [6.45, 7) is 3.81. The number of ether oxygens (including phenoxy) is 2. The first-order chi connectivity index (χ1) is 15.4. The fourth-order valence-electron chi connectivity index (χ4n) is 2.85. The Labute approximate surface area is 187 Å². The molecule has 3 rings (SSSR count). The van der Waals surface area contributed by atoms with Gasteiger partial charge in [0.25, 0.3) is 11.8 Å². The molecule has 0 spiro atoms. The van der Waals surface area contributed by atoms with E-state index in [2.05, 4.69) is 15.8 Å². The van der Waals surface area contributed by atoms with Crippen molar-refractivity contribution in [3.05, 3.63) is 89.0 Å². The molecule has 164 valence electrons. The minimum absolute atomic E-state index is 0.0998. The number of carbonyl (C=O) groups is 2. The van der Waals surface area contributed by atoms with E-state index in [0.29, 0.717) is 17.1 Å². The van der Waals surface area contributed by atoms with Gasteiger partial charge in [-0.2, -0.15) is 5.10 Å². The number of aryl methyl sites for hydroxylation is 2. The van der Waals surface area contributed by atoms with E-state index < -0.39 is 0 Å². The summed E-state index contributed by atoms with van der Waals surface area (Å²) in [5.41, 5.74) is 6.53. The molecule has 7 heteroatoms. The number of nitrogens with one attached hydrogen (secondary N) is 2. The number of hydrogen-bond acceptors (Lipinski definition) is 5. The Morgan fingerprint density at radius 3 is 2.50 bits per heavy atom. The summed E-state index contributed by atoms with van der Waals surface area (Å²) in [4.78, 5) is 24.3. The van der Waals surface area contributed by atoms with Crippen molar-refractivity contribution in [1.29, 1.82) is 0 Å². The maximum atomic E-state index is 12.2. The van der Waals surface area contributed by atoms with Gasteiger partial charge >= 0.3 is 0 Å². The molecule has 0 radical (unpaired) electrons. The highest BCUT2D eigenvalue weighted by Crippen LogP contribution is 2.17. The van der Waals surface area contributed by atoms with E-state index in [0.717, 1.165) is 22.4 Å². The fraction of sp³-hybridized carbons (Fsp3) is 0.160. The second kappa shape index (κ2) is 10.8. The number of hydrazone groups is 1. The van der Waals surface area contributed by atoms with Crippen molar-refractivity contribution in [2.75, 3.05) is 19.0 Å². The molecule has 32 heavy (non-hydrogen) atoms. The molecule has 0 heterocycles. The number of amides is 2. The van der Waals surface area contributed by atoms with E-state index >= 15 is 0 Å². The smallest absolute Gasteiger partial charge is 0.271 e. The molecule has 0 atom stereocenters. The summed E-state index contributed by atoms with van der Waals surface area (Å²) in [6.07, 6.45) is 1.52. The molecule has 0 saturated carbocycles. The minimum Gasteiger partial charge on any atom is -0.497 e. The average Bonchev–Trinajstić information content (AvgIpc) is 2.81. The van der Waals surface area contributed by atoms with Crippen LogP contribution in [0.15, 0.2) is 71.8 Å². The van der Waals surface area contributed by atoms with Gasteiger partial charge < -0.3 is 14.8 Å². The summed E-state index contributed by atoms with van der Waals surface area (Å²) in [7, 11) is 1.54. The molecule has 3 aromatic carbocycles. The highest BCUT2D eigenvalue weighted by Gasteiger charge is 2.07. The summed E-state index contributed by atoms with van der Waals surface area (Å²) in [5.74, 6) is 0.582. The molecular weight excluding hydrogens is 406 g/mol. The normalized spacial score (nSPS) is 10.6. The molecular formula is C25H25N3O4. The number of hydrogen-bond donors (Lipinski definition) is 2. The number of nitrogens with zero attached hydrogens (tertiary/aromatic N) is 1. The molecule has 2 N–H and O–H groups in total. The Morgan fingerprint density at radius 1 is 0.969 bits per heavy atom. The molecule has 0 fully saturated rings. The summed E-state index contributed by atoms with van der Waals surface area (Å²) in [5, 5.41) is 6.83. The van der Waals surface area contributed by atoms with Gasteiger partial charge in [0.2, 0.25) is 0 Å². The summed E-state index contributed by atoms with van der Waals surface area (Å²) < 4.78 is 10.7. The highest BCUT2D eigenvalue weighted by atomic mass is 16.5. The second-order valence-corrected chi connectivity index (χ2v) is 7.16. The quantitative estimate of drug-likeness (QED) is 0.415. The van der Waals surface area contributed by atoms with Crippen molar-refractivity contribution in [2.45, 2.75) is 13.8 Å². The van der Waals surface area contributed by atoms with E-state index in [1.54, 1.807) is 55.6 Å². The highest BCUT2D eigenvalue weighted by molar-refractivity contribution is 5.95. The van der Waals surface area contributed by atoms with Crippen LogP contribution in [-0.2, 0) is 4.79 Å². The third kappa shape index (κ3) is 6.43. The van der Waals surface area contributed by atoms with Crippen molar-refractivity contribution < 1.29 is 19.1 Å². The first kappa shape index (κ1) is 22.6. The van der Waals surface area contributed by atoms with Gasteiger partial charge in [0.15, 0.2) is 6.61 Å². The standard InChI is InChI=1S/C25H25N3O4/c1-17-7-8-18(2)23(13-17)27-24(29)16-32-21-11-9-19(10-12-21)15-26-28-25(30)20-5-4-6-22(14-20)31-3/h4-15H,16H2,1-3H3,(H,27,29)(H,28,30)/b26-15+. The molecule has 0 aliphatic carbocycles. The van der Waals surface area contributed by atoms with Crippen molar-refractivity contribution in [3.63, 3.8) is 0 Å². The lowest BCUT2D eigenvalue weighted by Crippen LogP contribution is -2.20. The maximum absolute atomic E-state index is 12.2. The largest absolute Gasteiger partial charge is 0.497 e. The van der Waals surface area contributed by atoms with Crippen LogP contribution in [-0.4, -0.2) is 31.7 Å². The van der Waals surface area contributed by atoms with Gasteiger partial charge in [-0.1, -0.05) is 18.2 Å². The minimum atomic E-state index is -0.338. The lowest BCUT2D eigenvalue weighted by Gasteiger charge is -2.10. The number of methoxy groups -OCH3 is 1. The molecule has 0 aliphatic rings. The van der Waals surface area contributed by atoms with Crippen LogP contribution in [0.3, 0.4) is 0 Å². The van der Waals surface area contributed by atoms with Crippen molar-refractivity contribution >= 4 is 23.7 Å². The summed E-state index contributed by atoms with van der Waals surface area (Å²) in [6, 6.07) is 19.7. The number of benzene rings is 3. The van der Waals surface area contributed by atoms with E-state index in [4.69, 9.17) is 9.47 Å². The van der Waals surface area contributed by atoms with E-state index in [9.17, 15) is 9.59 Å². The Kier molecular flexibility index (Phi) is 7.59. The third-order valence-corrected chi connectivity index (χ3v) is 4.63. The van der Waals surface area contributed by atoms with Crippen molar-refractivity contribution in [1.82, 2.24) is 5.43 Å². The Balaban J connectivity index is 1.48. The van der Waals surface area contributed by atoms with Gasteiger partial charge in [-0.3, -0.25) is 9.59 Å². The predicted molar refractivity (Wildman–Crippen MR) is 125 cm³/mol. The van der Waals surface area contributed by atoms with E-state index in [1.807, 2.05) is 32.0 Å². The Hall–Kier alpha value is -4.13. The molecule has 0 saturated heterocycles. The number of carbonyl (C=O) groups excluding carboxylic acids is 2. The fourth-order valence-corrected chi connectivity index (χ4v) is 2.85. The van der Waals surface area contributed by atoms with Crippen LogP contribution in [0.4, 0.5) is 5.69 Å². The van der Waals surface area contributed by atoms with Crippen LogP contribution < -0.4 is 20.2 Å². The lowest BCUT2D eigenvalue weighted by molar-refractivity contribution is -0.118. The third-order valence-electron chi connectivity index (χ3n) is 4.63. The van der Waals surface area contributed by atoms with E-state index in [-0.39, 0.29) is 18.4 Å². The second-order valence-electron chi connectivity index (χ2n) is 7.16. The zero-order chi connectivity index (χ0) is 22.9. The first-order valence-electron chi connectivity index (χ1n) is 10.0. The average molecular weight is 431 g/mol. The Morgan fingerprint density at radius 2 is 1.75 bits per heavy atom.